The zero-order valence-electron chi connectivity index (χ0n) is 14.2. The summed E-state index contributed by atoms with van der Waals surface area (Å²) in [6.45, 7) is 1.42. The standard InChI is InChI=1S/C16H18N2O5S2/c1-10(19)14-7-8-15(24-14)16(20)17-12-9-11(5-6-13(12)23-4)25(21,22)18(2)3/h5-9H,1-4H3,(H,17,20). The van der Waals surface area contributed by atoms with Crippen molar-refractivity contribution in [2.75, 3.05) is 26.5 Å². The lowest BCUT2D eigenvalue weighted by molar-refractivity contribution is 0.101. The largest absolute Gasteiger partial charge is 0.495 e. The van der Waals surface area contributed by atoms with E-state index in [-0.39, 0.29) is 16.4 Å². The molecule has 0 saturated heterocycles. The van der Waals surface area contributed by atoms with Crippen LogP contribution in [0.2, 0.25) is 0 Å². The molecular formula is C16H18N2O5S2. The zero-order chi connectivity index (χ0) is 18.8. The normalized spacial score (nSPS) is 11.4. The molecule has 1 heterocycles. The number of sulfonamides is 1. The highest BCUT2D eigenvalue weighted by Gasteiger charge is 2.20. The van der Waals surface area contributed by atoms with Gasteiger partial charge in [0.15, 0.2) is 5.78 Å². The van der Waals surface area contributed by atoms with Crippen LogP contribution in [0.25, 0.3) is 0 Å². The van der Waals surface area contributed by atoms with Crippen LogP contribution in [0.1, 0.15) is 26.3 Å². The van der Waals surface area contributed by atoms with E-state index in [0.717, 1.165) is 15.6 Å². The Kier molecular flexibility index (Phi) is 5.61. The molecular weight excluding hydrogens is 364 g/mol. The molecule has 1 aromatic heterocycles. The van der Waals surface area contributed by atoms with Gasteiger partial charge in [-0.15, -0.1) is 11.3 Å². The molecule has 134 valence electrons. The van der Waals surface area contributed by atoms with E-state index in [1.54, 1.807) is 12.1 Å². The van der Waals surface area contributed by atoms with Gasteiger partial charge >= 0.3 is 0 Å². The van der Waals surface area contributed by atoms with E-state index in [2.05, 4.69) is 5.32 Å². The first-order valence-corrected chi connectivity index (χ1v) is 9.45. The van der Waals surface area contributed by atoms with Crippen molar-refractivity contribution in [1.82, 2.24) is 4.31 Å². The Bertz CT molecular complexity index is 916. The summed E-state index contributed by atoms with van der Waals surface area (Å²) in [5.74, 6) is -0.245. The Hall–Kier alpha value is -2.23. The molecule has 0 fully saturated rings. The Morgan fingerprint density at radius 3 is 2.28 bits per heavy atom. The predicted octanol–water partition coefficient (Wildman–Crippen LogP) is 2.46. The van der Waals surface area contributed by atoms with Crippen LogP contribution >= 0.6 is 11.3 Å². The van der Waals surface area contributed by atoms with Gasteiger partial charge in [-0.25, -0.2) is 12.7 Å². The Morgan fingerprint density at radius 2 is 1.76 bits per heavy atom. The van der Waals surface area contributed by atoms with Gasteiger partial charge in [-0.3, -0.25) is 9.59 Å². The van der Waals surface area contributed by atoms with E-state index >= 15 is 0 Å². The molecule has 9 heteroatoms. The highest BCUT2D eigenvalue weighted by atomic mass is 32.2. The van der Waals surface area contributed by atoms with Crippen LogP contribution in [0.4, 0.5) is 5.69 Å². The Morgan fingerprint density at radius 1 is 1.12 bits per heavy atom. The van der Waals surface area contributed by atoms with Gasteiger partial charge in [-0.2, -0.15) is 0 Å². The number of Topliss-reactive ketones (excluding diaryl/α,β-unsaturated/α-hetero) is 1. The molecule has 2 aromatic rings. The van der Waals surface area contributed by atoms with Crippen molar-refractivity contribution >= 4 is 38.7 Å². The van der Waals surface area contributed by atoms with E-state index in [0.29, 0.717) is 15.5 Å². The van der Waals surface area contributed by atoms with Gasteiger partial charge in [0.2, 0.25) is 10.0 Å². The molecule has 1 aromatic carbocycles. The summed E-state index contributed by atoms with van der Waals surface area (Å²) >= 11 is 1.07. The summed E-state index contributed by atoms with van der Waals surface area (Å²) in [6, 6.07) is 7.34. The van der Waals surface area contributed by atoms with Crippen molar-refractivity contribution in [3.63, 3.8) is 0 Å². The van der Waals surface area contributed by atoms with Crippen LogP contribution in [0, 0.1) is 0 Å². The number of benzene rings is 1. The number of hydrogen-bond donors (Lipinski definition) is 1. The third-order valence-electron chi connectivity index (χ3n) is 3.37. The number of ketones is 1. The minimum absolute atomic E-state index is 0.0317. The van der Waals surface area contributed by atoms with E-state index < -0.39 is 15.9 Å². The van der Waals surface area contributed by atoms with Crippen LogP contribution in [0.3, 0.4) is 0 Å². The SMILES string of the molecule is COc1ccc(S(=O)(=O)N(C)C)cc1NC(=O)c1ccc(C(C)=O)s1. The van der Waals surface area contributed by atoms with Gasteiger partial charge in [-0.1, -0.05) is 0 Å². The second-order valence-electron chi connectivity index (χ2n) is 5.32. The van der Waals surface area contributed by atoms with Crippen molar-refractivity contribution in [2.45, 2.75) is 11.8 Å². The molecule has 0 bridgehead atoms. The monoisotopic (exact) mass is 382 g/mol. The maximum absolute atomic E-state index is 12.4. The number of ether oxygens (including phenoxy) is 1. The summed E-state index contributed by atoms with van der Waals surface area (Å²) in [4.78, 5) is 24.6. The predicted molar refractivity (Wildman–Crippen MR) is 96.1 cm³/mol. The number of amides is 1. The Balaban J connectivity index is 2.36. The average molecular weight is 382 g/mol. The van der Waals surface area contributed by atoms with Crippen molar-refractivity contribution in [3.05, 3.63) is 40.1 Å². The average Bonchev–Trinajstić information content (AvgIpc) is 3.05. The number of hydrogen-bond acceptors (Lipinski definition) is 6. The Labute approximate surface area is 150 Å². The summed E-state index contributed by atoms with van der Waals surface area (Å²) in [6.07, 6.45) is 0. The topological polar surface area (TPSA) is 92.8 Å². The lowest BCUT2D eigenvalue weighted by Gasteiger charge is -2.15. The second kappa shape index (κ2) is 7.34. The highest BCUT2D eigenvalue weighted by molar-refractivity contribution is 7.89. The number of nitrogens with one attached hydrogen (secondary N) is 1. The number of rotatable bonds is 6. The maximum Gasteiger partial charge on any atom is 0.265 e. The minimum atomic E-state index is -3.65. The molecule has 0 radical (unpaired) electrons. The van der Waals surface area contributed by atoms with Gasteiger partial charge in [-0.05, 0) is 37.3 Å². The molecule has 0 unspecified atom stereocenters. The maximum atomic E-state index is 12.4. The lowest BCUT2D eigenvalue weighted by Crippen LogP contribution is -2.22. The van der Waals surface area contributed by atoms with Crippen molar-refractivity contribution in [1.29, 1.82) is 0 Å². The number of anilines is 1. The number of carbonyl (C=O) groups is 2. The minimum Gasteiger partial charge on any atom is -0.495 e. The molecule has 0 aliphatic heterocycles. The molecule has 0 aliphatic carbocycles. The smallest absolute Gasteiger partial charge is 0.265 e. The third-order valence-corrected chi connectivity index (χ3v) is 6.37. The van der Waals surface area contributed by atoms with E-state index in [9.17, 15) is 18.0 Å². The number of methoxy groups -OCH3 is 1. The van der Waals surface area contributed by atoms with Crippen LogP contribution in [0.5, 0.6) is 5.75 Å². The molecule has 0 aliphatic rings. The van der Waals surface area contributed by atoms with Gasteiger partial charge in [0.25, 0.3) is 5.91 Å². The molecule has 7 nitrogen and oxygen atoms in total. The molecule has 1 amide bonds. The van der Waals surface area contributed by atoms with Crippen molar-refractivity contribution < 1.29 is 22.7 Å². The molecule has 2 rings (SSSR count). The van der Waals surface area contributed by atoms with Gasteiger partial charge in [0.1, 0.15) is 5.75 Å². The fourth-order valence-corrected chi connectivity index (χ4v) is 3.71. The van der Waals surface area contributed by atoms with Crippen molar-refractivity contribution in [3.8, 4) is 5.75 Å². The first-order valence-electron chi connectivity index (χ1n) is 7.19. The fraction of sp³-hybridized carbons (Fsp3) is 0.250. The number of carbonyl (C=O) groups excluding carboxylic acids is 2. The van der Waals surface area contributed by atoms with Crippen LogP contribution in [-0.4, -0.2) is 45.6 Å². The van der Waals surface area contributed by atoms with Crippen LogP contribution in [0.15, 0.2) is 35.2 Å². The highest BCUT2D eigenvalue weighted by Crippen LogP contribution is 2.29. The van der Waals surface area contributed by atoms with E-state index in [1.807, 2.05) is 0 Å². The zero-order valence-corrected chi connectivity index (χ0v) is 15.8. The fourth-order valence-electron chi connectivity index (χ4n) is 1.99. The number of nitrogens with zero attached hydrogens (tertiary/aromatic N) is 1. The summed E-state index contributed by atoms with van der Waals surface area (Å²) < 4.78 is 30.8. The van der Waals surface area contributed by atoms with Crippen LogP contribution < -0.4 is 10.1 Å². The molecule has 0 spiro atoms. The first kappa shape index (κ1) is 19.1. The number of thiophene rings is 1. The van der Waals surface area contributed by atoms with Gasteiger partial charge in [0.05, 0.1) is 27.4 Å². The van der Waals surface area contributed by atoms with Gasteiger partial charge < -0.3 is 10.1 Å². The summed E-state index contributed by atoms with van der Waals surface area (Å²) in [5, 5.41) is 2.63. The van der Waals surface area contributed by atoms with Crippen molar-refractivity contribution in [2.24, 2.45) is 0 Å². The summed E-state index contributed by atoms with van der Waals surface area (Å²) in [7, 11) is 0.620. The molecule has 0 atom stereocenters. The third kappa shape index (κ3) is 4.06. The quantitative estimate of drug-likeness (QED) is 0.775. The molecule has 1 N–H and O–H groups in total. The lowest BCUT2D eigenvalue weighted by atomic mass is 10.3. The molecule has 0 saturated carbocycles. The van der Waals surface area contributed by atoms with Gasteiger partial charge in [0, 0.05) is 14.1 Å². The van der Waals surface area contributed by atoms with E-state index in [1.165, 1.54) is 46.3 Å². The second-order valence-corrected chi connectivity index (χ2v) is 8.56. The van der Waals surface area contributed by atoms with E-state index in [4.69, 9.17) is 4.74 Å². The van der Waals surface area contributed by atoms with Crippen LogP contribution in [-0.2, 0) is 10.0 Å². The first-order chi connectivity index (χ1) is 11.7. The summed E-state index contributed by atoms with van der Waals surface area (Å²) in [5.41, 5.74) is 0.230. The molecule has 25 heavy (non-hydrogen) atoms.